The van der Waals surface area contributed by atoms with Gasteiger partial charge in [-0.1, -0.05) is 19.4 Å². The van der Waals surface area contributed by atoms with Crippen molar-refractivity contribution in [2.45, 2.75) is 44.7 Å². The van der Waals surface area contributed by atoms with E-state index in [1.165, 1.54) is 32.2 Å². The molecular weight excluding hydrogens is 264 g/mol. The van der Waals surface area contributed by atoms with Crippen molar-refractivity contribution in [1.82, 2.24) is 4.90 Å². The van der Waals surface area contributed by atoms with Crippen LogP contribution in [0.1, 0.15) is 44.2 Å². The van der Waals surface area contributed by atoms with E-state index in [1.807, 2.05) is 18.2 Å². The second kappa shape index (κ2) is 7.66. The highest BCUT2D eigenvalue weighted by Crippen LogP contribution is 2.30. The summed E-state index contributed by atoms with van der Waals surface area (Å²) in [6.07, 6.45) is 5.14. The van der Waals surface area contributed by atoms with Crippen molar-refractivity contribution in [3.63, 3.8) is 0 Å². The monoisotopic (exact) mass is 292 g/mol. The Balaban J connectivity index is 2.07. The highest BCUT2D eigenvalue weighted by atomic mass is 16.5. The number of ether oxygens (including phenoxy) is 2. The third-order valence-corrected chi connectivity index (χ3v) is 4.49. The second-order valence-electron chi connectivity index (χ2n) is 5.77. The molecule has 0 spiro atoms. The van der Waals surface area contributed by atoms with Gasteiger partial charge in [0.2, 0.25) is 0 Å². The Bertz CT molecular complexity index is 450. The molecule has 2 rings (SSSR count). The Morgan fingerprint density at radius 1 is 1.24 bits per heavy atom. The molecule has 1 aromatic carbocycles. The van der Waals surface area contributed by atoms with Crippen molar-refractivity contribution in [2.75, 3.05) is 27.3 Å². The molecule has 1 saturated heterocycles. The molecule has 2 atom stereocenters. The molecule has 2 N–H and O–H groups in total. The van der Waals surface area contributed by atoms with Crippen LogP contribution in [0.5, 0.6) is 11.5 Å². The topological polar surface area (TPSA) is 47.7 Å². The van der Waals surface area contributed by atoms with E-state index in [2.05, 4.69) is 11.8 Å². The summed E-state index contributed by atoms with van der Waals surface area (Å²) in [5.41, 5.74) is 7.52. The molecule has 0 aromatic heterocycles. The first-order chi connectivity index (χ1) is 10.2. The van der Waals surface area contributed by atoms with Crippen LogP contribution in [-0.4, -0.2) is 38.3 Å². The Hall–Kier alpha value is -1.26. The van der Waals surface area contributed by atoms with E-state index in [9.17, 15) is 0 Å². The zero-order valence-electron chi connectivity index (χ0n) is 13.5. The third-order valence-electron chi connectivity index (χ3n) is 4.49. The minimum Gasteiger partial charge on any atom is -0.493 e. The zero-order valence-corrected chi connectivity index (χ0v) is 13.5. The Labute approximate surface area is 128 Å². The smallest absolute Gasteiger partial charge is 0.161 e. The summed E-state index contributed by atoms with van der Waals surface area (Å²) < 4.78 is 10.6. The number of nitrogens with two attached hydrogens (primary N) is 1. The van der Waals surface area contributed by atoms with Gasteiger partial charge < -0.3 is 15.2 Å². The highest BCUT2D eigenvalue weighted by molar-refractivity contribution is 5.43. The van der Waals surface area contributed by atoms with Gasteiger partial charge in [0.25, 0.3) is 0 Å². The SMILES string of the molecule is CCC1CCCCN1CC(N)c1ccc(OC)c(OC)c1. The quantitative estimate of drug-likeness (QED) is 0.875. The summed E-state index contributed by atoms with van der Waals surface area (Å²) in [5, 5.41) is 0. The molecule has 1 aliphatic heterocycles. The van der Waals surface area contributed by atoms with Crippen LogP contribution in [0, 0.1) is 0 Å². The van der Waals surface area contributed by atoms with Crippen molar-refractivity contribution in [1.29, 1.82) is 0 Å². The van der Waals surface area contributed by atoms with Crippen LogP contribution >= 0.6 is 0 Å². The number of hydrogen-bond donors (Lipinski definition) is 1. The number of benzene rings is 1. The molecule has 1 heterocycles. The fourth-order valence-corrected chi connectivity index (χ4v) is 3.20. The van der Waals surface area contributed by atoms with E-state index in [0.29, 0.717) is 6.04 Å². The van der Waals surface area contributed by atoms with Crippen LogP contribution in [-0.2, 0) is 0 Å². The van der Waals surface area contributed by atoms with E-state index in [-0.39, 0.29) is 6.04 Å². The molecule has 0 radical (unpaired) electrons. The maximum atomic E-state index is 6.42. The zero-order chi connectivity index (χ0) is 15.2. The number of likely N-dealkylation sites (tertiary alicyclic amines) is 1. The standard InChI is InChI=1S/C17H28N2O2/c1-4-14-7-5-6-10-19(14)12-15(18)13-8-9-16(20-2)17(11-13)21-3/h8-9,11,14-15H,4-7,10,12,18H2,1-3H3. The average molecular weight is 292 g/mol. The minimum absolute atomic E-state index is 0.0111. The van der Waals surface area contributed by atoms with E-state index in [0.717, 1.165) is 23.6 Å². The summed E-state index contributed by atoms with van der Waals surface area (Å²) in [6, 6.07) is 6.66. The van der Waals surface area contributed by atoms with Crippen molar-refractivity contribution in [3.8, 4) is 11.5 Å². The van der Waals surface area contributed by atoms with Gasteiger partial charge in [-0.3, -0.25) is 4.90 Å². The van der Waals surface area contributed by atoms with Crippen LogP contribution in [0.4, 0.5) is 0 Å². The predicted molar refractivity (Wildman–Crippen MR) is 86.0 cm³/mol. The lowest BCUT2D eigenvalue weighted by Crippen LogP contribution is -2.43. The van der Waals surface area contributed by atoms with Crippen molar-refractivity contribution >= 4 is 0 Å². The van der Waals surface area contributed by atoms with Crippen molar-refractivity contribution < 1.29 is 9.47 Å². The van der Waals surface area contributed by atoms with E-state index in [4.69, 9.17) is 15.2 Å². The molecule has 0 amide bonds. The van der Waals surface area contributed by atoms with Gasteiger partial charge >= 0.3 is 0 Å². The lowest BCUT2D eigenvalue weighted by atomic mass is 9.98. The molecule has 1 fully saturated rings. The van der Waals surface area contributed by atoms with Crippen LogP contribution in [0.15, 0.2) is 18.2 Å². The summed E-state index contributed by atoms with van der Waals surface area (Å²) in [6.45, 7) is 4.35. The third kappa shape index (κ3) is 3.89. The first-order valence-electron chi connectivity index (χ1n) is 7.91. The van der Waals surface area contributed by atoms with E-state index < -0.39 is 0 Å². The maximum absolute atomic E-state index is 6.42. The lowest BCUT2D eigenvalue weighted by Gasteiger charge is -2.36. The normalized spacial score (nSPS) is 21.0. The number of methoxy groups -OCH3 is 2. The molecule has 2 unspecified atom stereocenters. The van der Waals surface area contributed by atoms with Crippen LogP contribution in [0.25, 0.3) is 0 Å². The van der Waals surface area contributed by atoms with E-state index in [1.54, 1.807) is 14.2 Å². The molecule has 118 valence electrons. The first-order valence-corrected chi connectivity index (χ1v) is 7.91. The Morgan fingerprint density at radius 2 is 2.00 bits per heavy atom. The first kappa shape index (κ1) is 16.1. The van der Waals surface area contributed by atoms with Gasteiger partial charge in [-0.15, -0.1) is 0 Å². The van der Waals surface area contributed by atoms with E-state index >= 15 is 0 Å². The second-order valence-corrected chi connectivity index (χ2v) is 5.77. The molecule has 21 heavy (non-hydrogen) atoms. The molecule has 1 aliphatic rings. The molecule has 1 aromatic rings. The van der Waals surface area contributed by atoms with Gasteiger partial charge in [-0.2, -0.15) is 0 Å². The van der Waals surface area contributed by atoms with Crippen molar-refractivity contribution in [2.24, 2.45) is 5.73 Å². The van der Waals surface area contributed by atoms with Gasteiger partial charge in [0.1, 0.15) is 0 Å². The van der Waals surface area contributed by atoms with Gasteiger partial charge in [0.15, 0.2) is 11.5 Å². The minimum atomic E-state index is 0.0111. The highest BCUT2D eigenvalue weighted by Gasteiger charge is 2.23. The molecule has 4 nitrogen and oxygen atoms in total. The summed E-state index contributed by atoms with van der Waals surface area (Å²) in [4.78, 5) is 2.55. The Morgan fingerprint density at radius 3 is 2.67 bits per heavy atom. The number of rotatable bonds is 6. The summed E-state index contributed by atoms with van der Waals surface area (Å²) >= 11 is 0. The number of hydrogen-bond acceptors (Lipinski definition) is 4. The number of nitrogens with zero attached hydrogens (tertiary/aromatic N) is 1. The maximum Gasteiger partial charge on any atom is 0.161 e. The average Bonchev–Trinajstić information content (AvgIpc) is 2.54. The molecule has 0 bridgehead atoms. The molecular formula is C17H28N2O2. The molecule has 0 saturated carbocycles. The van der Waals surface area contributed by atoms with Crippen molar-refractivity contribution in [3.05, 3.63) is 23.8 Å². The van der Waals surface area contributed by atoms with Gasteiger partial charge in [0, 0.05) is 18.6 Å². The fraction of sp³-hybridized carbons (Fsp3) is 0.647. The fourth-order valence-electron chi connectivity index (χ4n) is 3.20. The molecule has 0 aliphatic carbocycles. The number of piperidine rings is 1. The van der Waals surface area contributed by atoms with Crippen LogP contribution in [0.2, 0.25) is 0 Å². The van der Waals surface area contributed by atoms with Gasteiger partial charge in [-0.05, 0) is 43.5 Å². The van der Waals surface area contributed by atoms with Crippen LogP contribution in [0.3, 0.4) is 0 Å². The summed E-state index contributed by atoms with van der Waals surface area (Å²) in [7, 11) is 3.31. The van der Waals surface area contributed by atoms with Gasteiger partial charge in [-0.25, -0.2) is 0 Å². The predicted octanol–water partition coefficient (Wildman–Crippen LogP) is 2.97. The van der Waals surface area contributed by atoms with Crippen LogP contribution < -0.4 is 15.2 Å². The largest absolute Gasteiger partial charge is 0.493 e. The molecule has 4 heteroatoms. The lowest BCUT2D eigenvalue weighted by molar-refractivity contribution is 0.135. The Kier molecular flexibility index (Phi) is 5.88. The van der Waals surface area contributed by atoms with Gasteiger partial charge in [0.05, 0.1) is 14.2 Å². The summed E-state index contributed by atoms with van der Waals surface area (Å²) in [5.74, 6) is 1.49.